The summed E-state index contributed by atoms with van der Waals surface area (Å²) in [4.78, 5) is 18.6. The quantitative estimate of drug-likeness (QED) is 0.394. The number of sulfonamides is 1. The van der Waals surface area contributed by atoms with Gasteiger partial charge in [-0.2, -0.15) is 12.8 Å². The van der Waals surface area contributed by atoms with Gasteiger partial charge in [-0.15, -0.1) is 0 Å². The van der Waals surface area contributed by atoms with Crippen LogP contribution in [0.2, 0.25) is 10.0 Å². The summed E-state index contributed by atoms with van der Waals surface area (Å²) in [6, 6.07) is 13.2. The van der Waals surface area contributed by atoms with Crippen LogP contribution < -0.4 is 4.72 Å². The highest BCUT2D eigenvalue weighted by molar-refractivity contribution is 7.92. The van der Waals surface area contributed by atoms with E-state index in [0.717, 1.165) is 5.56 Å². The smallest absolute Gasteiger partial charge is 0.280 e. The molecule has 0 saturated heterocycles. The predicted octanol–water partition coefficient (Wildman–Crippen LogP) is 5.07. The maximum Gasteiger partial charge on any atom is 0.280 e. The van der Waals surface area contributed by atoms with Crippen molar-refractivity contribution in [3.8, 4) is 0 Å². The topological polar surface area (TPSA) is 92.3 Å². The fourth-order valence-corrected chi connectivity index (χ4v) is 5.32. The molecular weight excluding hydrogens is 491 g/mol. The molecule has 32 heavy (non-hydrogen) atoms. The van der Waals surface area contributed by atoms with Gasteiger partial charge in [-0.3, -0.25) is 9.52 Å². The van der Waals surface area contributed by atoms with Crippen LogP contribution in [0, 0.1) is 0 Å². The lowest BCUT2D eigenvalue weighted by Crippen LogP contribution is -2.27. The van der Waals surface area contributed by atoms with Crippen LogP contribution in [-0.4, -0.2) is 35.6 Å². The van der Waals surface area contributed by atoms with Crippen molar-refractivity contribution in [2.24, 2.45) is 0 Å². The molecule has 0 aliphatic carbocycles. The predicted molar refractivity (Wildman–Crippen MR) is 127 cm³/mol. The van der Waals surface area contributed by atoms with Gasteiger partial charge in [-0.25, -0.2) is 4.98 Å². The lowest BCUT2D eigenvalue weighted by Gasteiger charge is -2.20. The molecular formula is C21H16Cl2N4O3S2. The fraction of sp³-hybridized carbons (Fsp3) is 0.0952. The number of carbonyl (C=O) groups excluding carboxylic acids is 1. The van der Waals surface area contributed by atoms with E-state index in [-0.39, 0.29) is 27.2 Å². The van der Waals surface area contributed by atoms with E-state index >= 15 is 0 Å². The highest BCUT2D eigenvalue weighted by Crippen LogP contribution is 2.28. The Morgan fingerprint density at radius 2 is 1.81 bits per heavy atom. The van der Waals surface area contributed by atoms with Gasteiger partial charge in [0, 0.05) is 29.8 Å². The zero-order valence-corrected chi connectivity index (χ0v) is 19.8. The first-order valence-electron chi connectivity index (χ1n) is 9.26. The van der Waals surface area contributed by atoms with Gasteiger partial charge in [-0.1, -0.05) is 35.3 Å². The van der Waals surface area contributed by atoms with Crippen LogP contribution in [0.5, 0.6) is 0 Å². The molecule has 4 aromatic rings. The first-order chi connectivity index (χ1) is 15.2. The molecule has 0 aliphatic rings. The SMILES string of the molecule is CN(Cc1ccc(Cl)cc1)C(=O)c1ccc(Cl)cc1NS(=O)(=O)c1nccc2sncc12. The Hall–Kier alpha value is -2.72. The Kier molecular flexibility index (Phi) is 6.34. The minimum absolute atomic E-state index is 0.0625. The largest absolute Gasteiger partial charge is 0.337 e. The number of aromatic nitrogens is 2. The molecule has 2 heterocycles. The standard InChI is InChI=1S/C21H16Cl2N4O3S2/c1-27(12-13-2-4-14(22)5-3-13)21(28)16-7-6-15(23)10-18(16)26-32(29,30)20-17-11-25-31-19(17)8-9-24-20/h2-11,26H,12H2,1H3. The average Bonchev–Trinajstić information content (AvgIpc) is 3.23. The molecule has 4 rings (SSSR count). The van der Waals surface area contributed by atoms with Crippen LogP contribution in [0.1, 0.15) is 15.9 Å². The van der Waals surface area contributed by atoms with Crippen LogP contribution in [0.4, 0.5) is 5.69 Å². The van der Waals surface area contributed by atoms with E-state index in [1.165, 1.54) is 47.0 Å². The van der Waals surface area contributed by atoms with Crippen molar-refractivity contribution in [2.45, 2.75) is 11.6 Å². The van der Waals surface area contributed by atoms with Crippen LogP contribution in [0.15, 0.2) is 66.0 Å². The number of hydrogen-bond acceptors (Lipinski definition) is 6. The van der Waals surface area contributed by atoms with Crippen LogP contribution in [0.25, 0.3) is 10.1 Å². The summed E-state index contributed by atoms with van der Waals surface area (Å²) < 4.78 is 33.4. The number of anilines is 1. The van der Waals surface area contributed by atoms with Crippen molar-refractivity contribution in [1.82, 2.24) is 14.3 Å². The summed E-state index contributed by atoms with van der Waals surface area (Å²) in [7, 11) is -2.48. The van der Waals surface area contributed by atoms with E-state index in [9.17, 15) is 13.2 Å². The number of amides is 1. The summed E-state index contributed by atoms with van der Waals surface area (Å²) >= 11 is 13.2. The zero-order chi connectivity index (χ0) is 22.9. The maximum absolute atomic E-state index is 13.1. The van der Waals surface area contributed by atoms with Gasteiger partial charge in [-0.05, 0) is 53.5 Å². The fourth-order valence-electron chi connectivity index (χ4n) is 3.11. The Labute approximate surface area is 198 Å². The Morgan fingerprint density at radius 3 is 2.56 bits per heavy atom. The molecule has 11 heteroatoms. The zero-order valence-electron chi connectivity index (χ0n) is 16.6. The van der Waals surface area contributed by atoms with Crippen LogP contribution in [-0.2, 0) is 16.6 Å². The highest BCUT2D eigenvalue weighted by atomic mass is 35.5. The molecule has 2 aromatic carbocycles. The molecule has 2 aromatic heterocycles. The third kappa shape index (κ3) is 4.71. The van der Waals surface area contributed by atoms with Gasteiger partial charge in [0.2, 0.25) is 0 Å². The molecule has 0 aliphatic heterocycles. The molecule has 7 nitrogen and oxygen atoms in total. The average molecular weight is 507 g/mol. The van der Waals surface area contributed by atoms with Crippen molar-refractivity contribution in [1.29, 1.82) is 0 Å². The van der Waals surface area contributed by atoms with Crippen molar-refractivity contribution in [3.63, 3.8) is 0 Å². The van der Waals surface area contributed by atoms with E-state index in [1.807, 2.05) is 12.1 Å². The van der Waals surface area contributed by atoms with Gasteiger partial charge >= 0.3 is 0 Å². The van der Waals surface area contributed by atoms with Crippen molar-refractivity contribution in [2.75, 3.05) is 11.8 Å². The van der Waals surface area contributed by atoms with Crippen molar-refractivity contribution < 1.29 is 13.2 Å². The number of carbonyl (C=O) groups is 1. The summed E-state index contributed by atoms with van der Waals surface area (Å²) in [5.74, 6) is -0.377. The summed E-state index contributed by atoms with van der Waals surface area (Å²) in [6.07, 6.45) is 2.85. The minimum atomic E-state index is -4.11. The third-order valence-electron chi connectivity index (χ3n) is 4.64. The molecule has 0 fully saturated rings. The van der Waals surface area contributed by atoms with Gasteiger partial charge in [0.05, 0.1) is 27.5 Å². The highest BCUT2D eigenvalue weighted by Gasteiger charge is 2.24. The summed E-state index contributed by atoms with van der Waals surface area (Å²) in [6.45, 7) is 0.312. The number of fused-ring (bicyclic) bond motifs is 1. The number of hydrogen-bond donors (Lipinski definition) is 1. The molecule has 1 N–H and O–H groups in total. The number of rotatable bonds is 6. The molecule has 0 unspecified atom stereocenters. The maximum atomic E-state index is 13.1. The first-order valence-corrected chi connectivity index (χ1v) is 12.3. The minimum Gasteiger partial charge on any atom is -0.337 e. The third-order valence-corrected chi connectivity index (χ3v) is 7.21. The van der Waals surface area contributed by atoms with Crippen LogP contribution in [0.3, 0.4) is 0 Å². The summed E-state index contributed by atoms with van der Waals surface area (Å²) in [5.41, 5.74) is 1.10. The molecule has 0 saturated carbocycles. The molecule has 0 atom stereocenters. The van der Waals surface area contributed by atoms with Gasteiger partial charge in [0.1, 0.15) is 0 Å². The molecule has 1 amide bonds. The van der Waals surface area contributed by atoms with Crippen molar-refractivity contribution in [3.05, 3.63) is 82.1 Å². The lowest BCUT2D eigenvalue weighted by molar-refractivity contribution is 0.0786. The van der Waals surface area contributed by atoms with Crippen LogP contribution >= 0.6 is 34.7 Å². The number of nitrogens with zero attached hydrogens (tertiary/aromatic N) is 3. The monoisotopic (exact) mass is 506 g/mol. The second-order valence-electron chi connectivity index (χ2n) is 6.94. The van der Waals surface area contributed by atoms with E-state index in [2.05, 4.69) is 14.1 Å². The van der Waals surface area contributed by atoms with Gasteiger partial charge in [0.25, 0.3) is 15.9 Å². The number of benzene rings is 2. The van der Waals surface area contributed by atoms with Crippen molar-refractivity contribution >= 4 is 66.4 Å². The molecule has 164 valence electrons. The second kappa shape index (κ2) is 9.03. The summed E-state index contributed by atoms with van der Waals surface area (Å²) in [5, 5.41) is 1.11. The number of nitrogens with one attached hydrogen (secondary N) is 1. The van der Waals surface area contributed by atoms with E-state index in [4.69, 9.17) is 23.2 Å². The normalized spacial score (nSPS) is 11.5. The number of pyridine rings is 1. The molecule has 0 radical (unpaired) electrons. The van der Waals surface area contributed by atoms with Gasteiger partial charge < -0.3 is 4.90 Å². The number of halogens is 2. The Bertz CT molecular complexity index is 1410. The second-order valence-corrected chi connectivity index (χ2v) is 10.2. The molecule has 0 spiro atoms. The Balaban J connectivity index is 1.65. The van der Waals surface area contributed by atoms with E-state index < -0.39 is 10.0 Å². The molecule has 0 bridgehead atoms. The van der Waals surface area contributed by atoms with E-state index in [0.29, 0.717) is 21.7 Å². The van der Waals surface area contributed by atoms with Gasteiger partial charge in [0.15, 0.2) is 5.03 Å². The lowest BCUT2D eigenvalue weighted by atomic mass is 10.1. The Morgan fingerprint density at radius 1 is 1.09 bits per heavy atom. The van der Waals surface area contributed by atoms with E-state index in [1.54, 1.807) is 25.2 Å². The first kappa shape index (κ1) is 22.5.